The summed E-state index contributed by atoms with van der Waals surface area (Å²) in [6.07, 6.45) is 0. The molecule has 0 bridgehead atoms. The average Bonchev–Trinajstić information content (AvgIpc) is 1.71. The van der Waals surface area contributed by atoms with E-state index in [1.165, 1.54) is 0 Å². The van der Waals surface area contributed by atoms with Crippen molar-refractivity contribution in [3.8, 4) is 0 Å². The molecule has 0 rings (SSSR count). The van der Waals surface area contributed by atoms with E-state index in [1.807, 2.05) is 0 Å². The molecule has 0 aromatic rings. The van der Waals surface area contributed by atoms with Crippen molar-refractivity contribution in [2.24, 2.45) is 0 Å². The minimum absolute atomic E-state index is 0.00694. The van der Waals surface area contributed by atoms with Crippen LogP contribution in [0.5, 0.6) is 0 Å². The van der Waals surface area contributed by atoms with E-state index in [9.17, 15) is 4.48 Å². The van der Waals surface area contributed by atoms with Crippen molar-refractivity contribution in [2.45, 2.75) is 77.4 Å². The van der Waals surface area contributed by atoms with Crippen molar-refractivity contribution in [3.05, 3.63) is 0 Å². The molecule has 0 saturated carbocycles. The maximum absolute atomic E-state index is 14.4. The standard InChI is InChI=1S/C13H30FNSi/c1-11(2,3)16(15(10)14,12(4,5)6)13(7,8)9/h1-10H3. The maximum Gasteiger partial charge on any atom is 0.182 e. The van der Waals surface area contributed by atoms with Crippen LogP contribution in [-0.2, 0) is 0 Å². The maximum atomic E-state index is 14.4. The third-order valence-corrected chi connectivity index (χ3v) is 11.2. The summed E-state index contributed by atoms with van der Waals surface area (Å²) in [4.78, 5) is 1.08. The van der Waals surface area contributed by atoms with Gasteiger partial charge in [0.05, 0.1) is 0 Å². The molecule has 0 aliphatic heterocycles. The molecule has 0 radical (unpaired) electrons. The van der Waals surface area contributed by atoms with Crippen LogP contribution in [0.25, 0.3) is 0 Å². The highest BCUT2D eigenvalue weighted by Crippen LogP contribution is 2.62. The van der Waals surface area contributed by atoms with Gasteiger partial charge in [-0.1, -0.05) is 62.3 Å². The van der Waals surface area contributed by atoms with E-state index in [0.717, 1.165) is 4.79 Å². The van der Waals surface area contributed by atoms with Crippen LogP contribution in [0.2, 0.25) is 15.1 Å². The lowest BCUT2D eigenvalue weighted by Gasteiger charge is -2.59. The second-order valence-corrected chi connectivity index (χ2v) is 14.5. The van der Waals surface area contributed by atoms with Crippen LogP contribution in [-0.4, -0.2) is 20.1 Å². The molecule has 0 unspecified atom stereocenters. The van der Waals surface area contributed by atoms with Gasteiger partial charge in [-0.3, -0.25) is 0 Å². The zero-order valence-corrected chi connectivity index (χ0v) is 13.8. The van der Waals surface area contributed by atoms with Crippen molar-refractivity contribution in [1.82, 2.24) is 4.79 Å². The molecule has 98 valence electrons. The fourth-order valence-electron chi connectivity index (χ4n) is 4.76. The zero-order chi connectivity index (χ0) is 13.6. The summed E-state index contributed by atoms with van der Waals surface area (Å²) in [6.45, 7) is 19.7. The third-order valence-electron chi connectivity index (χ3n) is 3.72. The van der Waals surface area contributed by atoms with Crippen LogP contribution in [0.15, 0.2) is 0 Å². The highest BCUT2D eigenvalue weighted by molar-refractivity contribution is 6.84. The van der Waals surface area contributed by atoms with Crippen LogP contribution < -0.4 is 0 Å². The van der Waals surface area contributed by atoms with E-state index in [-0.39, 0.29) is 15.1 Å². The van der Waals surface area contributed by atoms with Crippen molar-refractivity contribution >= 4 is 8.24 Å². The molecule has 3 heteroatoms. The molecular weight excluding hydrogens is 217 g/mol. The first-order valence-corrected chi connectivity index (χ1v) is 8.04. The first-order valence-electron chi connectivity index (χ1n) is 6.09. The van der Waals surface area contributed by atoms with Gasteiger partial charge in [-0.05, 0) is 15.1 Å². The lowest BCUT2D eigenvalue weighted by molar-refractivity contribution is 0.132. The topological polar surface area (TPSA) is 3.24 Å². The largest absolute Gasteiger partial charge is 0.182 e. The van der Waals surface area contributed by atoms with Gasteiger partial charge in [-0.15, -0.1) is 4.48 Å². The zero-order valence-electron chi connectivity index (χ0n) is 12.8. The van der Waals surface area contributed by atoms with Gasteiger partial charge in [0.1, 0.15) is 0 Å². The van der Waals surface area contributed by atoms with Crippen molar-refractivity contribution in [1.29, 1.82) is 0 Å². The molecule has 0 fully saturated rings. The minimum atomic E-state index is -2.31. The van der Waals surface area contributed by atoms with E-state index in [2.05, 4.69) is 62.3 Å². The smallest absolute Gasteiger partial charge is 0.174 e. The summed E-state index contributed by atoms with van der Waals surface area (Å²) in [7, 11) is -0.692. The summed E-state index contributed by atoms with van der Waals surface area (Å²) in [6, 6.07) is 0. The summed E-state index contributed by atoms with van der Waals surface area (Å²) >= 11 is 0. The molecule has 0 spiro atoms. The Kier molecular flexibility index (Phi) is 4.12. The Morgan fingerprint density at radius 1 is 0.688 bits per heavy atom. The van der Waals surface area contributed by atoms with Gasteiger partial charge in [0.15, 0.2) is 8.24 Å². The molecular formula is C13H30FNSi. The molecule has 0 N–H and O–H groups in total. The number of halogens is 1. The number of hydrogen-bond acceptors (Lipinski definition) is 1. The van der Waals surface area contributed by atoms with E-state index in [0.29, 0.717) is 0 Å². The predicted octanol–water partition coefficient (Wildman–Crippen LogP) is 5.15. The number of nitrogens with zero attached hydrogens (tertiary/aromatic N) is 1. The summed E-state index contributed by atoms with van der Waals surface area (Å²) in [5, 5.41) is -0.0208. The summed E-state index contributed by atoms with van der Waals surface area (Å²) < 4.78 is 14.4. The monoisotopic (exact) mass is 247 g/mol. The van der Waals surface area contributed by atoms with Gasteiger partial charge in [0.25, 0.3) is 0 Å². The van der Waals surface area contributed by atoms with Gasteiger partial charge in [0, 0.05) is 7.05 Å². The van der Waals surface area contributed by atoms with E-state index in [4.69, 9.17) is 0 Å². The van der Waals surface area contributed by atoms with Crippen LogP contribution in [0, 0.1) is 0 Å². The lowest BCUT2D eigenvalue weighted by atomic mass is 10.2. The van der Waals surface area contributed by atoms with Gasteiger partial charge >= 0.3 is 0 Å². The Bertz CT molecular complexity index is 204. The van der Waals surface area contributed by atoms with E-state index >= 15 is 0 Å². The molecule has 0 heterocycles. The molecule has 0 aliphatic carbocycles. The lowest BCUT2D eigenvalue weighted by Crippen LogP contribution is -2.66. The normalized spacial score (nSPS) is 15.8. The van der Waals surface area contributed by atoms with Gasteiger partial charge < -0.3 is 0 Å². The summed E-state index contributed by atoms with van der Waals surface area (Å²) in [5.41, 5.74) is 0. The Morgan fingerprint density at radius 3 is 0.875 bits per heavy atom. The highest BCUT2D eigenvalue weighted by atomic mass is 28.3. The molecule has 1 nitrogen and oxygen atoms in total. The van der Waals surface area contributed by atoms with Gasteiger partial charge in [-0.2, -0.15) is 4.79 Å². The molecule has 0 saturated heterocycles. The fraction of sp³-hybridized carbons (Fsp3) is 1.00. The van der Waals surface area contributed by atoms with E-state index < -0.39 is 8.24 Å². The van der Waals surface area contributed by atoms with Crippen LogP contribution in [0.3, 0.4) is 0 Å². The second-order valence-electron chi connectivity index (χ2n) is 7.94. The quantitative estimate of drug-likeness (QED) is 0.457. The van der Waals surface area contributed by atoms with Gasteiger partial charge in [-0.25, -0.2) is 0 Å². The Morgan fingerprint density at radius 2 is 0.875 bits per heavy atom. The SMILES string of the molecule is CN(F)[Si](C(C)(C)C)(C(C)(C)C)C(C)(C)C. The van der Waals surface area contributed by atoms with Crippen LogP contribution in [0.1, 0.15) is 62.3 Å². The minimum Gasteiger partial charge on any atom is -0.174 e. The van der Waals surface area contributed by atoms with Crippen LogP contribution >= 0.6 is 0 Å². The Balaban J connectivity index is 6.05. The second kappa shape index (κ2) is 4.09. The van der Waals surface area contributed by atoms with Crippen LogP contribution in [0.4, 0.5) is 4.48 Å². The Labute approximate surface area is 102 Å². The predicted molar refractivity (Wildman–Crippen MR) is 73.8 cm³/mol. The Hall–Kier alpha value is 0.107. The molecule has 16 heavy (non-hydrogen) atoms. The van der Waals surface area contributed by atoms with Gasteiger partial charge in [0.2, 0.25) is 0 Å². The van der Waals surface area contributed by atoms with E-state index in [1.54, 1.807) is 7.05 Å². The van der Waals surface area contributed by atoms with Crippen molar-refractivity contribution in [2.75, 3.05) is 7.05 Å². The first-order chi connectivity index (χ1) is 6.69. The summed E-state index contributed by atoms with van der Waals surface area (Å²) in [5.74, 6) is 0. The van der Waals surface area contributed by atoms with Crippen molar-refractivity contribution < 1.29 is 4.48 Å². The molecule has 0 aromatic heterocycles. The highest BCUT2D eigenvalue weighted by Gasteiger charge is 2.63. The average molecular weight is 247 g/mol. The van der Waals surface area contributed by atoms with Crippen molar-refractivity contribution in [3.63, 3.8) is 0 Å². The molecule has 0 amide bonds. The number of hydrogen-bond donors (Lipinski definition) is 0. The molecule has 0 aromatic carbocycles. The third kappa shape index (κ3) is 2.21. The number of rotatable bonds is 1. The first kappa shape index (κ1) is 16.1. The fourth-order valence-corrected chi connectivity index (χ4v) is 14.3. The molecule has 0 atom stereocenters. The molecule has 0 aliphatic rings.